The normalized spacial score (nSPS) is 19.1. The van der Waals surface area contributed by atoms with E-state index >= 15 is 0 Å². The van der Waals surface area contributed by atoms with Crippen LogP contribution in [0.5, 0.6) is 0 Å². The lowest BCUT2D eigenvalue weighted by molar-refractivity contribution is -0.137. The minimum absolute atomic E-state index is 0.0220. The van der Waals surface area contributed by atoms with Gasteiger partial charge in [-0.05, 0) is 26.7 Å². The quantitative estimate of drug-likeness (QED) is 0.549. The monoisotopic (exact) mass is 490 g/mol. The fraction of sp³-hybridized carbons (Fsp3) is 0.778. The summed E-state index contributed by atoms with van der Waals surface area (Å²) in [6, 6.07) is 0.115. The predicted octanol–water partition coefficient (Wildman–Crippen LogP) is 0.475. The zero-order valence-corrected chi connectivity index (χ0v) is 20.6. The number of nitrogens with one attached hydrogen (secondary N) is 1. The molecule has 0 bridgehead atoms. The number of aromatic nitrogens is 2. The predicted molar refractivity (Wildman–Crippen MR) is 122 cm³/mol. The van der Waals surface area contributed by atoms with E-state index in [1.54, 1.807) is 0 Å². The van der Waals surface area contributed by atoms with Crippen molar-refractivity contribution in [3.63, 3.8) is 0 Å². The largest absolute Gasteiger partial charge is 0.353 e. The lowest BCUT2D eigenvalue weighted by Gasteiger charge is -2.38. The second-order valence-corrected chi connectivity index (χ2v) is 12.3. The minimum atomic E-state index is -3.18. The van der Waals surface area contributed by atoms with E-state index in [1.165, 1.54) is 33.7 Å². The molecule has 13 heteroatoms. The fourth-order valence-corrected chi connectivity index (χ4v) is 6.27. The molecule has 1 aromatic rings. The van der Waals surface area contributed by atoms with Gasteiger partial charge in [0.25, 0.3) is 0 Å². The molecule has 31 heavy (non-hydrogen) atoms. The first-order chi connectivity index (χ1) is 14.6. The van der Waals surface area contributed by atoms with E-state index in [4.69, 9.17) is 0 Å². The Kier molecular flexibility index (Phi) is 8.16. The van der Waals surface area contributed by atoms with E-state index in [0.717, 1.165) is 9.47 Å². The molecule has 0 aromatic carbocycles. The van der Waals surface area contributed by atoms with Crippen LogP contribution in [0, 0.1) is 5.92 Å². The summed E-state index contributed by atoms with van der Waals surface area (Å²) in [4.78, 5) is 28.6. The van der Waals surface area contributed by atoms with E-state index in [1.807, 2.05) is 18.7 Å². The topological polar surface area (TPSA) is 116 Å². The molecule has 2 amide bonds. The number of carbonyl (C=O) groups is 2. The summed E-state index contributed by atoms with van der Waals surface area (Å²) in [7, 11) is -3.18. The molecule has 0 atom stereocenters. The highest BCUT2D eigenvalue weighted by molar-refractivity contribution is 8.01. The number of piperidine rings is 1. The molecule has 0 aliphatic carbocycles. The van der Waals surface area contributed by atoms with Gasteiger partial charge in [-0.15, -0.1) is 10.2 Å². The molecule has 0 unspecified atom stereocenters. The van der Waals surface area contributed by atoms with Gasteiger partial charge in [0.05, 0.1) is 12.0 Å². The Hall–Kier alpha value is -1.44. The third-order valence-electron chi connectivity index (χ3n) is 5.31. The maximum absolute atomic E-state index is 12.9. The van der Waals surface area contributed by atoms with Crippen molar-refractivity contribution < 1.29 is 18.0 Å². The molecule has 2 aliphatic heterocycles. The van der Waals surface area contributed by atoms with Gasteiger partial charge >= 0.3 is 0 Å². The van der Waals surface area contributed by atoms with Crippen molar-refractivity contribution in [2.75, 3.05) is 56.2 Å². The molecule has 2 aliphatic rings. The van der Waals surface area contributed by atoms with Crippen molar-refractivity contribution in [2.24, 2.45) is 5.92 Å². The van der Waals surface area contributed by atoms with Gasteiger partial charge in [0, 0.05) is 51.2 Å². The molecule has 3 rings (SSSR count). The molecule has 0 radical (unpaired) electrons. The van der Waals surface area contributed by atoms with E-state index in [9.17, 15) is 18.0 Å². The second-order valence-electron chi connectivity index (χ2n) is 8.11. The number of hydrogen-bond donors (Lipinski definition) is 1. The Bertz CT molecular complexity index is 875. The van der Waals surface area contributed by atoms with Gasteiger partial charge in [-0.25, -0.2) is 12.7 Å². The second kappa shape index (κ2) is 10.5. The summed E-state index contributed by atoms with van der Waals surface area (Å²) in [6.45, 7) is 7.27. The summed E-state index contributed by atoms with van der Waals surface area (Å²) in [5.74, 6) is 0.308. The van der Waals surface area contributed by atoms with Gasteiger partial charge in [0.2, 0.25) is 27.0 Å². The van der Waals surface area contributed by atoms with Gasteiger partial charge in [-0.3, -0.25) is 9.59 Å². The van der Waals surface area contributed by atoms with Gasteiger partial charge in [-0.1, -0.05) is 23.1 Å². The Morgan fingerprint density at radius 3 is 2.35 bits per heavy atom. The molecule has 174 valence electrons. The van der Waals surface area contributed by atoms with Gasteiger partial charge in [0.15, 0.2) is 4.34 Å². The first kappa shape index (κ1) is 24.2. The van der Waals surface area contributed by atoms with Crippen LogP contribution in [0.15, 0.2) is 4.34 Å². The van der Waals surface area contributed by atoms with Crippen LogP contribution >= 0.6 is 23.1 Å². The maximum atomic E-state index is 12.9. The summed E-state index contributed by atoms with van der Waals surface area (Å²) in [6.07, 6.45) is 2.37. The van der Waals surface area contributed by atoms with Crippen molar-refractivity contribution in [1.29, 1.82) is 0 Å². The van der Waals surface area contributed by atoms with Crippen molar-refractivity contribution >= 4 is 50.1 Å². The maximum Gasteiger partial charge on any atom is 0.230 e. The molecule has 10 nitrogen and oxygen atoms in total. The van der Waals surface area contributed by atoms with Crippen molar-refractivity contribution in [1.82, 2.24) is 24.7 Å². The van der Waals surface area contributed by atoms with Crippen LogP contribution < -0.4 is 10.2 Å². The Morgan fingerprint density at radius 1 is 1.13 bits per heavy atom. The standard InChI is InChI=1S/C18H30N6O4S3/c1-13(2)19-15(25)12-29-18-21-20-17(30-18)23-10-8-22(9-11-23)16(26)14-4-6-24(7-5-14)31(3,27)28/h13-14H,4-12H2,1-3H3,(H,19,25). The van der Waals surface area contributed by atoms with E-state index in [-0.39, 0.29) is 23.8 Å². The minimum Gasteiger partial charge on any atom is -0.353 e. The number of rotatable bonds is 7. The third kappa shape index (κ3) is 6.77. The van der Waals surface area contributed by atoms with E-state index < -0.39 is 10.0 Å². The molecule has 1 aromatic heterocycles. The Morgan fingerprint density at radius 2 is 1.77 bits per heavy atom. The van der Waals surface area contributed by atoms with E-state index in [0.29, 0.717) is 57.9 Å². The molecular formula is C18H30N6O4S3. The number of sulfonamides is 1. The van der Waals surface area contributed by atoms with Gasteiger partial charge < -0.3 is 15.1 Å². The summed E-state index contributed by atoms with van der Waals surface area (Å²) >= 11 is 2.84. The van der Waals surface area contributed by atoms with E-state index in [2.05, 4.69) is 20.4 Å². The molecule has 0 saturated carbocycles. The van der Waals surface area contributed by atoms with Crippen LogP contribution in [0.2, 0.25) is 0 Å². The number of anilines is 1. The number of piperazine rings is 1. The highest BCUT2D eigenvalue weighted by atomic mass is 32.2. The summed E-state index contributed by atoms with van der Waals surface area (Å²) in [5, 5.41) is 12.1. The number of carbonyl (C=O) groups excluding carboxylic acids is 2. The van der Waals surface area contributed by atoms with Crippen LogP contribution in [-0.4, -0.2) is 97.0 Å². The zero-order chi connectivity index (χ0) is 22.6. The van der Waals surface area contributed by atoms with Crippen LogP contribution in [0.25, 0.3) is 0 Å². The average Bonchev–Trinajstić information content (AvgIpc) is 3.20. The van der Waals surface area contributed by atoms with Crippen molar-refractivity contribution in [3.05, 3.63) is 0 Å². The summed E-state index contributed by atoms with van der Waals surface area (Å²) in [5.41, 5.74) is 0. The fourth-order valence-electron chi connectivity index (χ4n) is 3.69. The van der Waals surface area contributed by atoms with Gasteiger partial charge in [-0.2, -0.15) is 0 Å². The highest BCUT2D eigenvalue weighted by Crippen LogP contribution is 2.29. The molecule has 2 saturated heterocycles. The zero-order valence-electron chi connectivity index (χ0n) is 18.1. The van der Waals surface area contributed by atoms with Gasteiger partial charge in [0.1, 0.15) is 0 Å². The number of hydrogen-bond acceptors (Lipinski definition) is 9. The molecule has 2 fully saturated rings. The van der Waals surface area contributed by atoms with Crippen LogP contribution in [0.1, 0.15) is 26.7 Å². The van der Waals surface area contributed by atoms with Crippen LogP contribution in [0.4, 0.5) is 5.13 Å². The lowest BCUT2D eigenvalue weighted by atomic mass is 9.96. The Balaban J connectivity index is 1.44. The molecule has 3 heterocycles. The van der Waals surface area contributed by atoms with Crippen molar-refractivity contribution in [3.8, 4) is 0 Å². The van der Waals surface area contributed by atoms with Crippen LogP contribution in [-0.2, 0) is 19.6 Å². The molecule has 1 N–H and O–H groups in total. The number of thioether (sulfide) groups is 1. The van der Waals surface area contributed by atoms with Crippen molar-refractivity contribution in [2.45, 2.75) is 37.1 Å². The first-order valence-corrected chi connectivity index (χ1v) is 14.0. The lowest BCUT2D eigenvalue weighted by Crippen LogP contribution is -2.52. The number of amides is 2. The number of nitrogens with zero attached hydrogens (tertiary/aromatic N) is 5. The first-order valence-electron chi connectivity index (χ1n) is 10.4. The smallest absolute Gasteiger partial charge is 0.230 e. The summed E-state index contributed by atoms with van der Waals surface area (Å²) < 4.78 is 25.5. The molecular weight excluding hydrogens is 460 g/mol. The SMILES string of the molecule is CC(C)NC(=O)CSc1nnc(N2CCN(C(=O)C3CCN(S(C)(=O)=O)CC3)CC2)s1. The van der Waals surface area contributed by atoms with Crippen LogP contribution in [0.3, 0.4) is 0 Å². The Labute approximate surface area is 191 Å². The average molecular weight is 491 g/mol. The third-order valence-corrected chi connectivity index (χ3v) is 8.73. The highest BCUT2D eigenvalue weighted by Gasteiger charge is 2.33. The molecule has 0 spiro atoms.